The van der Waals surface area contributed by atoms with E-state index in [0.717, 1.165) is 0 Å². The topological polar surface area (TPSA) is 86.6 Å². The van der Waals surface area contributed by atoms with Crippen LogP contribution in [0.2, 0.25) is 0 Å². The van der Waals surface area contributed by atoms with Crippen molar-refractivity contribution in [3.05, 3.63) is 29.1 Å². The van der Waals surface area contributed by atoms with Gasteiger partial charge < -0.3 is 15.5 Å². The number of hydrogen-bond acceptors (Lipinski definition) is 3. The molecule has 0 fully saturated rings. The van der Waals surface area contributed by atoms with Gasteiger partial charge in [0, 0.05) is 0 Å². The molecule has 1 aromatic rings. The quantitative estimate of drug-likeness (QED) is 0.727. The summed E-state index contributed by atoms with van der Waals surface area (Å²) < 4.78 is 39.6. The lowest BCUT2D eigenvalue weighted by molar-refractivity contribution is -0.140. The summed E-state index contributed by atoms with van der Waals surface area (Å²) in [5.41, 5.74) is -0.971. The van der Waals surface area contributed by atoms with E-state index in [2.05, 4.69) is 0 Å². The summed E-state index contributed by atoms with van der Waals surface area (Å²) in [5, 5.41) is 20.0. The van der Waals surface area contributed by atoms with Crippen LogP contribution < -0.4 is 5.32 Å². The molecule has 0 radical (unpaired) electrons. The highest BCUT2D eigenvalue weighted by molar-refractivity contribution is 5.97. The highest BCUT2D eigenvalue weighted by Crippen LogP contribution is 2.26. The second-order valence-corrected chi connectivity index (χ2v) is 4.56. The van der Waals surface area contributed by atoms with Gasteiger partial charge in [0.1, 0.15) is 6.04 Å². The molecule has 116 valence electrons. The molecule has 8 heteroatoms. The van der Waals surface area contributed by atoms with Gasteiger partial charge in [0.25, 0.3) is 5.91 Å². The highest BCUT2D eigenvalue weighted by atomic mass is 19.2. The number of benzene rings is 1. The van der Waals surface area contributed by atoms with Crippen molar-refractivity contribution in [2.45, 2.75) is 26.3 Å². The van der Waals surface area contributed by atoms with Crippen molar-refractivity contribution in [2.75, 3.05) is 0 Å². The average Bonchev–Trinajstić information content (AvgIpc) is 2.44. The summed E-state index contributed by atoms with van der Waals surface area (Å²) in [6.45, 7) is 3.24. The zero-order chi connectivity index (χ0) is 16.3. The number of carbonyl (C=O) groups excluding carboxylic acids is 1. The third kappa shape index (κ3) is 3.45. The van der Waals surface area contributed by atoms with E-state index >= 15 is 0 Å². The Hall–Kier alpha value is -2.25. The van der Waals surface area contributed by atoms with Crippen molar-refractivity contribution < 1.29 is 33.0 Å². The fourth-order valence-electron chi connectivity index (χ4n) is 1.66. The van der Waals surface area contributed by atoms with Crippen LogP contribution in [0, 0.1) is 23.4 Å². The third-order valence-electron chi connectivity index (χ3n) is 3.14. The Morgan fingerprint density at radius 2 is 1.86 bits per heavy atom. The summed E-state index contributed by atoms with van der Waals surface area (Å²) in [6.07, 6.45) is 0.419. The molecule has 0 spiro atoms. The summed E-state index contributed by atoms with van der Waals surface area (Å²) in [7, 11) is 0. The van der Waals surface area contributed by atoms with Gasteiger partial charge >= 0.3 is 5.97 Å². The van der Waals surface area contributed by atoms with Crippen molar-refractivity contribution in [3.8, 4) is 5.75 Å². The summed E-state index contributed by atoms with van der Waals surface area (Å²) in [5.74, 6) is -9.78. The smallest absolute Gasteiger partial charge is 0.326 e. The van der Waals surface area contributed by atoms with Crippen LogP contribution in [0.5, 0.6) is 5.75 Å². The second-order valence-electron chi connectivity index (χ2n) is 4.56. The number of aromatic hydroxyl groups is 1. The van der Waals surface area contributed by atoms with Crippen LogP contribution >= 0.6 is 0 Å². The molecule has 0 aliphatic heterocycles. The fourth-order valence-corrected chi connectivity index (χ4v) is 1.66. The van der Waals surface area contributed by atoms with Gasteiger partial charge in [0.2, 0.25) is 5.82 Å². The number of rotatable bonds is 5. The zero-order valence-corrected chi connectivity index (χ0v) is 11.3. The number of amides is 1. The lowest BCUT2D eigenvalue weighted by Crippen LogP contribution is -2.45. The number of carboxylic acids is 1. The molecule has 21 heavy (non-hydrogen) atoms. The number of aliphatic carboxylic acids is 1. The number of halogens is 3. The Kier molecular flexibility index (Phi) is 5.17. The standard InChI is InChI=1S/C13H14F3NO4/c1-3-5(2)10(13(20)21)17-12(19)6-4-7(14)9(16)11(18)8(6)15/h4-5,10,18H,3H2,1-2H3,(H,17,19)(H,20,21)/t5?,10-/m0/s1. The van der Waals surface area contributed by atoms with Crippen molar-refractivity contribution >= 4 is 11.9 Å². The Morgan fingerprint density at radius 3 is 2.33 bits per heavy atom. The number of phenolic OH excluding ortho intramolecular Hbond substituents is 1. The fraction of sp³-hybridized carbons (Fsp3) is 0.385. The molecule has 0 bridgehead atoms. The Labute approximate surface area is 118 Å². The van der Waals surface area contributed by atoms with E-state index in [-0.39, 0.29) is 6.07 Å². The van der Waals surface area contributed by atoms with Crippen molar-refractivity contribution in [3.63, 3.8) is 0 Å². The first-order valence-electron chi connectivity index (χ1n) is 6.10. The molecule has 0 aliphatic rings. The third-order valence-corrected chi connectivity index (χ3v) is 3.14. The molecule has 0 aromatic heterocycles. The van der Waals surface area contributed by atoms with Crippen LogP contribution in [0.1, 0.15) is 30.6 Å². The Bertz CT molecular complexity index is 577. The minimum Gasteiger partial charge on any atom is -0.503 e. The largest absolute Gasteiger partial charge is 0.503 e. The number of phenols is 1. The van der Waals surface area contributed by atoms with Crippen molar-refractivity contribution in [1.29, 1.82) is 0 Å². The lowest BCUT2D eigenvalue weighted by atomic mass is 9.99. The van der Waals surface area contributed by atoms with E-state index < -0.39 is 52.6 Å². The number of hydrogen-bond donors (Lipinski definition) is 3. The molecular weight excluding hydrogens is 291 g/mol. The Balaban J connectivity index is 3.12. The summed E-state index contributed by atoms with van der Waals surface area (Å²) in [4.78, 5) is 22.8. The molecule has 0 saturated carbocycles. The van der Waals surface area contributed by atoms with E-state index in [1.807, 2.05) is 5.32 Å². The Morgan fingerprint density at radius 1 is 1.29 bits per heavy atom. The normalized spacial score (nSPS) is 13.6. The van der Waals surface area contributed by atoms with Gasteiger partial charge in [0.05, 0.1) is 5.56 Å². The highest BCUT2D eigenvalue weighted by Gasteiger charge is 2.29. The molecule has 1 unspecified atom stereocenters. The van der Waals surface area contributed by atoms with Gasteiger partial charge in [-0.1, -0.05) is 20.3 Å². The number of carbonyl (C=O) groups is 2. The molecule has 1 amide bonds. The predicted molar refractivity (Wildman–Crippen MR) is 66.3 cm³/mol. The zero-order valence-electron chi connectivity index (χ0n) is 11.3. The van der Waals surface area contributed by atoms with E-state index in [4.69, 9.17) is 10.2 Å². The summed E-state index contributed by atoms with van der Waals surface area (Å²) in [6, 6.07) is -1.06. The van der Waals surface area contributed by atoms with Gasteiger partial charge in [-0.2, -0.15) is 4.39 Å². The van der Waals surface area contributed by atoms with Crippen LogP contribution in [-0.4, -0.2) is 28.1 Å². The predicted octanol–water partition coefficient (Wildman–Crippen LogP) is 2.04. The second kappa shape index (κ2) is 6.47. The maximum absolute atomic E-state index is 13.6. The first-order valence-corrected chi connectivity index (χ1v) is 6.10. The van der Waals surface area contributed by atoms with E-state index in [1.54, 1.807) is 13.8 Å². The first kappa shape index (κ1) is 16.8. The monoisotopic (exact) mass is 305 g/mol. The molecule has 0 heterocycles. The maximum atomic E-state index is 13.6. The van der Waals surface area contributed by atoms with Gasteiger partial charge in [-0.05, 0) is 12.0 Å². The molecule has 3 N–H and O–H groups in total. The van der Waals surface area contributed by atoms with Crippen molar-refractivity contribution in [2.24, 2.45) is 5.92 Å². The molecule has 1 aromatic carbocycles. The molecule has 1 rings (SSSR count). The van der Waals surface area contributed by atoms with Gasteiger partial charge in [0.15, 0.2) is 17.4 Å². The van der Waals surface area contributed by atoms with Crippen molar-refractivity contribution in [1.82, 2.24) is 5.32 Å². The maximum Gasteiger partial charge on any atom is 0.326 e. The van der Waals surface area contributed by atoms with E-state index in [0.29, 0.717) is 6.42 Å². The minimum absolute atomic E-state index is 0.259. The molecule has 0 aliphatic carbocycles. The van der Waals surface area contributed by atoms with Crippen LogP contribution in [0.25, 0.3) is 0 Å². The first-order chi connectivity index (χ1) is 9.70. The number of nitrogens with one attached hydrogen (secondary N) is 1. The van der Waals surface area contributed by atoms with Gasteiger partial charge in [-0.25, -0.2) is 13.6 Å². The van der Waals surface area contributed by atoms with Crippen LogP contribution in [0.3, 0.4) is 0 Å². The van der Waals surface area contributed by atoms with E-state index in [1.165, 1.54) is 0 Å². The summed E-state index contributed by atoms with van der Waals surface area (Å²) >= 11 is 0. The molecular formula is C13H14F3NO4. The average molecular weight is 305 g/mol. The molecule has 2 atom stereocenters. The lowest BCUT2D eigenvalue weighted by Gasteiger charge is -2.20. The minimum atomic E-state index is -1.82. The molecule has 0 saturated heterocycles. The van der Waals surface area contributed by atoms with Gasteiger partial charge in [-0.15, -0.1) is 0 Å². The SMILES string of the molecule is CCC(C)[C@H](NC(=O)c1cc(F)c(F)c(O)c1F)C(=O)O. The number of carboxylic acid groups (broad SMARTS) is 1. The van der Waals surface area contributed by atoms with Crippen LogP contribution in [0.15, 0.2) is 6.07 Å². The van der Waals surface area contributed by atoms with E-state index in [9.17, 15) is 22.8 Å². The van der Waals surface area contributed by atoms with Crippen LogP contribution in [0.4, 0.5) is 13.2 Å². The van der Waals surface area contributed by atoms with Gasteiger partial charge in [-0.3, -0.25) is 4.79 Å². The molecule has 5 nitrogen and oxygen atoms in total. The van der Waals surface area contributed by atoms with Crippen LogP contribution in [-0.2, 0) is 4.79 Å².